The van der Waals surface area contributed by atoms with Gasteiger partial charge in [-0.15, -0.1) is 0 Å². The minimum absolute atomic E-state index is 0.385. The first-order chi connectivity index (χ1) is 12.8. The lowest BCUT2D eigenvalue weighted by molar-refractivity contribution is -0.112. The summed E-state index contributed by atoms with van der Waals surface area (Å²) in [5, 5.41) is 2.73. The molecule has 0 atom stereocenters. The van der Waals surface area contributed by atoms with E-state index in [0.29, 0.717) is 17.9 Å². The third kappa shape index (κ3) is 4.17. The number of carbonyl (C=O) groups is 2. The van der Waals surface area contributed by atoms with E-state index in [-0.39, 0.29) is 0 Å². The van der Waals surface area contributed by atoms with Crippen LogP contribution < -0.4 is 5.32 Å². The molecule has 0 aliphatic heterocycles. The van der Waals surface area contributed by atoms with Gasteiger partial charge in [0.25, 0.3) is 11.7 Å². The van der Waals surface area contributed by atoms with Crippen molar-refractivity contribution in [1.82, 2.24) is 4.57 Å². The average molecular weight is 360 g/mol. The summed E-state index contributed by atoms with van der Waals surface area (Å²) in [4.78, 5) is 25.2. The second-order valence-corrected chi connectivity index (χ2v) is 7.04. The van der Waals surface area contributed by atoms with Crippen LogP contribution in [-0.2, 0) is 11.3 Å². The highest BCUT2D eigenvalue weighted by atomic mass is 16.2. The number of nitrogens with zero attached hydrogens (tertiary/aromatic N) is 1. The standard InChI is InChI=1S/C23H24N2O2/c1-15-7-10-20(18(4)12-15)24-23(27)22(26)21-6-5-11-25(21)14-19-9-8-16(2)17(3)13-19/h5-13H,14H2,1-4H3,(H,24,27). The number of anilines is 1. The minimum atomic E-state index is -0.623. The number of hydrogen-bond acceptors (Lipinski definition) is 2. The van der Waals surface area contributed by atoms with E-state index in [2.05, 4.69) is 31.3 Å². The Morgan fingerprint density at radius 3 is 2.37 bits per heavy atom. The number of rotatable bonds is 5. The summed E-state index contributed by atoms with van der Waals surface area (Å²) in [6, 6.07) is 15.4. The van der Waals surface area contributed by atoms with Gasteiger partial charge in [0, 0.05) is 18.4 Å². The number of benzene rings is 2. The van der Waals surface area contributed by atoms with E-state index in [1.54, 1.807) is 12.1 Å². The molecule has 3 rings (SSSR count). The van der Waals surface area contributed by atoms with Crippen LogP contribution in [0.15, 0.2) is 54.7 Å². The summed E-state index contributed by atoms with van der Waals surface area (Å²) in [5.41, 5.74) is 6.62. The molecule has 3 aromatic rings. The fourth-order valence-electron chi connectivity index (χ4n) is 3.11. The maximum atomic E-state index is 12.7. The monoisotopic (exact) mass is 360 g/mol. The van der Waals surface area contributed by atoms with Gasteiger partial charge in [-0.05, 0) is 68.1 Å². The molecular weight excluding hydrogens is 336 g/mol. The van der Waals surface area contributed by atoms with Crippen LogP contribution in [-0.4, -0.2) is 16.3 Å². The summed E-state index contributed by atoms with van der Waals surface area (Å²) >= 11 is 0. The molecule has 0 radical (unpaired) electrons. The summed E-state index contributed by atoms with van der Waals surface area (Å²) in [7, 11) is 0. The third-order valence-corrected chi connectivity index (χ3v) is 4.82. The maximum absolute atomic E-state index is 12.7. The van der Waals surface area contributed by atoms with Crippen LogP contribution in [0.1, 0.15) is 38.3 Å². The van der Waals surface area contributed by atoms with Crippen molar-refractivity contribution in [2.45, 2.75) is 34.2 Å². The Morgan fingerprint density at radius 2 is 1.67 bits per heavy atom. The van der Waals surface area contributed by atoms with E-state index in [1.165, 1.54) is 11.1 Å². The van der Waals surface area contributed by atoms with Crippen molar-refractivity contribution in [2.24, 2.45) is 0 Å². The number of hydrogen-bond donors (Lipinski definition) is 1. The van der Waals surface area contributed by atoms with E-state index < -0.39 is 11.7 Å². The zero-order valence-corrected chi connectivity index (χ0v) is 16.2. The third-order valence-electron chi connectivity index (χ3n) is 4.82. The second-order valence-electron chi connectivity index (χ2n) is 7.04. The lowest BCUT2D eigenvalue weighted by Crippen LogP contribution is -2.25. The van der Waals surface area contributed by atoms with Gasteiger partial charge >= 0.3 is 0 Å². The largest absolute Gasteiger partial charge is 0.340 e. The van der Waals surface area contributed by atoms with Crippen molar-refractivity contribution < 1.29 is 9.59 Å². The molecule has 1 aromatic heterocycles. The van der Waals surface area contributed by atoms with Gasteiger partial charge in [0.1, 0.15) is 0 Å². The summed E-state index contributed by atoms with van der Waals surface area (Å²) in [5.74, 6) is -1.16. The normalized spacial score (nSPS) is 10.7. The highest BCUT2D eigenvalue weighted by Gasteiger charge is 2.20. The van der Waals surface area contributed by atoms with Crippen LogP contribution in [0.3, 0.4) is 0 Å². The van der Waals surface area contributed by atoms with Crippen LogP contribution in [0.4, 0.5) is 5.69 Å². The Balaban J connectivity index is 1.78. The lowest BCUT2D eigenvalue weighted by atomic mass is 10.1. The van der Waals surface area contributed by atoms with E-state index in [4.69, 9.17) is 0 Å². The van der Waals surface area contributed by atoms with Crippen LogP contribution in [0.25, 0.3) is 0 Å². The topological polar surface area (TPSA) is 51.1 Å². The Kier molecular flexibility index (Phi) is 5.26. The predicted octanol–water partition coefficient (Wildman–Crippen LogP) is 4.59. The van der Waals surface area contributed by atoms with Gasteiger partial charge in [-0.3, -0.25) is 9.59 Å². The van der Waals surface area contributed by atoms with Crippen LogP contribution in [0.5, 0.6) is 0 Å². The van der Waals surface area contributed by atoms with Crippen LogP contribution >= 0.6 is 0 Å². The Labute approximate surface area is 159 Å². The average Bonchev–Trinajstić information content (AvgIpc) is 3.08. The van der Waals surface area contributed by atoms with Crippen molar-refractivity contribution >= 4 is 17.4 Å². The number of Topliss-reactive ketones (excluding diaryl/α,β-unsaturated/α-hetero) is 1. The van der Waals surface area contributed by atoms with Gasteiger partial charge in [0.05, 0.1) is 5.69 Å². The number of nitrogens with one attached hydrogen (secondary N) is 1. The highest BCUT2D eigenvalue weighted by molar-refractivity contribution is 6.46. The first-order valence-electron chi connectivity index (χ1n) is 8.99. The number of ketones is 1. The van der Waals surface area contributed by atoms with Crippen molar-refractivity contribution in [3.05, 3.63) is 88.2 Å². The van der Waals surface area contributed by atoms with Crippen LogP contribution in [0, 0.1) is 27.7 Å². The second kappa shape index (κ2) is 7.62. The summed E-state index contributed by atoms with van der Waals surface area (Å²) in [6.07, 6.45) is 1.83. The van der Waals surface area contributed by atoms with Gasteiger partial charge < -0.3 is 9.88 Å². The SMILES string of the molecule is Cc1ccc(NC(=O)C(=O)c2cccn2Cc2ccc(C)c(C)c2)c(C)c1. The smallest absolute Gasteiger partial charge is 0.298 e. The van der Waals surface area contributed by atoms with E-state index >= 15 is 0 Å². The highest BCUT2D eigenvalue weighted by Crippen LogP contribution is 2.17. The molecule has 1 N–H and O–H groups in total. The molecule has 4 nitrogen and oxygen atoms in total. The Bertz CT molecular complexity index is 1010. The zero-order chi connectivity index (χ0) is 19.6. The molecule has 0 bridgehead atoms. The fourth-order valence-corrected chi connectivity index (χ4v) is 3.11. The molecule has 0 fully saturated rings. The summed E-state index contributed by atoms with van der Waals surface area (Å²) < 4.78 is 1.81. The van der Waals surface area contributed by atoms with Gasteiger partial charge in [-0.25, -0.2) is 0 Å². The lowest BCUT2D eigenvalue weighted by Gasteiger charge is -2.11. The molecule has 138 valence electrons. The number of aryl methyl sites for hydroxylation is 4. The molecule has 0 saturated carbocycles. The first kappa shape index (κ1) is 18.6. The molecule has 1 amide bonds. The molecule has 0 unspecified atom stereocenters. The van der Waals surface area contributed by atoms with E-state index in [0.717, 1.165) is 16.7 Å². The molecule has 2 aromatic carbocycles. The molecule has 0 saturated heterocycles. The predicted molar refractivity (Wildman–Crippen MR) is 108 cm³/mol. The molecule has 27 heavy (non-hydrogen) atoms. The number of amides is 1. The van der Waals surface area contributed by atoms with Crippen molar-refractivity contribution in [1.29, 1.82) is 0 Å². The minimum Gasteiger partial charge on any atom is -0.340 e. The molecular formula is C23H24N2O2. The number of carbonyl (C=O) groups excluding carboxylic acids is 2. The van der Waals surface area contributed by atoms with Crippen molar-refractivity contribution in [3.8, 4) is 0 Å². The zero-order valence-electron chi connectivity index (χ0n) is 16.2. The van der Waals surface area contributed by atoms with Crippen LogP contribution in [0.2, 0.25) is 0 Å². The molecule has 0 aliphatic rings. The Morgan fingerprint density at radius 1 is 0.889 bits per heavy atom. The van der Waals surface area contributed by atoms with Gasteiger partial charge in [0.2, 0.25) is 0 Å². The molecule has 0 aliphatic carbocycles. The van der Waals surface area contributed by atoms with E-state index in [1.807, 2.05) is 48.9 Å². The van der Waals surface area contributed by atoms with Crippen molar-refractivity contribution in [2.75, 3.05) is 5.32 Å². The quantitative estimate of drug-likeness (QED) is 0.534. The maximum Gasteiger partial charge on any atom is 0.298 e. The Hall–Kier alpha value is -3.14. The van der Waals surface area contributed by atoms with Gasteiger partial charge in [-0.1, -0.05) is 35.9 Å². The van der Waals surface area contributed by atoms with Crippen molar-refractivity contribution in [3.63, 3.8) is 0 Å². The molecule has 4 heteroatoms. The number of aromatic nitrogens is 1. The first-order valence-corrected chi connectivity index (χ1v) is 8.99. The van der Waals surface area contributed by atoms with Gasteiger partial charge in [0.15, 0.2) is 0 Å². The molecule has 0 spiro atoms. The fraction of sp³-hybridized carbons (Fsp3) is 0.217. The van der Waals surface area contributed by atoms with E-state index in [9.17, 15) is 9.59 Å². The summed E-state index contributed by atoms with van der Waals surface area (Å²) in [6.45, 7) is 8.59. The van der Waals surface area contributed by atoms with Gasteiger partial charge in [-0.2, -0.15) is 0 Å². The molecule has 1 heterocycles.